The Hall–Kier alpha value is -1.56. The Morgan fingerprint density at radius 2 is 1.44 bits per heavy atom. The summed E-state index contributed by atoms with van der Waals surface area (Å²) in [7, 11) is 0. The van der Waals surface area contributed by atoms with Gasteiger partial charge in [0.1, 0.15) is 0 Å². The van der Waals surface area contributed by atoms with Gasteiger partial charge in [-0.3, -0.25) is 0 Å². The lowest BCUT2D eigenvalue weighted by atomic mass is 10.0. The Morgan fingerprint density at radius 3 is 2.22 bits per heavy atom. The van der Waals surface area contributed by atoms with Crippen LogP contribution in [0, 0.1) is 0 Å². The van der Waals surface area contributed by atoms with Gasteiger partial charge in [0, 0.05) is 0 Å². The molecule has 0 spiro atoms. The molecule has 0 N–H and O–H groups in total. The predicted octanol–water partition coefficient (Wildman–Crippen LogP) is 5.01. The van der Waals surface area contributed by atoms with Crippen molar-refractivity contribution in [2.75, 3.05) is 0 Å². The zero-order valence-corrected chi connectivity index (χ0v) is 11.4. The summed E-state index contributed by atoms with van der Waals surface area (Å²) in [5, 5.41) is 0. The summed E-state index contributed by atoms with van der Waals surface area (Å²) < 4.78 is 0. The van der Waals surface area contributed by atoms with Gasteiger partial charge in [0.25, 0.3) is 0 Å². The van der Waals surface area contributed by atoms with E-state index in [0.717, 1.165) is 12.8 Å². The zero-order valence-electron chi connectivity index (χ0n) is 11.4. The molecule has 0 saturated carbocycles. The van der Waals surface area contributed by atoms with Gasteiger partial charge in [-0.2, -0.15) is 0 Å². The van der Waals surface area contributed by atoms with E-state index in [2.05, 4.69) is 48.6 Å². The Labute approximate surface area is 111 Å². The van der Waals surface area contributed by atoms with Crippen molar-refractivity contribution >= 4 is 0 Å². The molecule has 0 bridgehead atoms. The number of hydrogen-bond donors (Lipinski definition) is 0. The van der Waals surface area contributed by atoms with Crippen LogP contribution in [0.2, 0.25) is 0 Å². The van der Waals surface area contributed by atoms with Gasteiger partial charge in [-0.15, -0.1) is 0 Å². The third-order valence-corrected chi connectivity index (χ3v) is 3.49. The number of aryl methyl sites for hydroxylation is 1. The lowest BCUT2D eigenvalue weighted by Gasteiger charge is -2.05. The highest BCUT2D eigenvalue weighted by Crippen LogP contribution is 2.27. The highest BCUT2D eigenvalue weighted by molar-refractivity contribution is 5.44. The normalized spacial score (nSPS) is 17.0. The van der Waals surface area contributed by atoms with Crippen molar-refractivity contribution < 1.29 is 0 Å². The van der Waals surface area contributed by atoms with Crippen molar-refractivity contribution in [1.82, 2.24) is 0 Å². The van der Waals surface area contributed by atoms with Gasteiger partial charge in [0.05, 0.1) is 0 Å². The molecular formula is C18H22. The molecule has 0 nitrogen and oxygen atoms in total. The fourth-order valence-corrected chi connectivity index (χ4v) is 2.58. The Balaban J connectivity index is 0.000000574. The van der Waals surface area contributed by atoms with E-state index in [-0.39, 0.29) is 0 Å². The van der Waals surface area contributed by atoms with Crippen LogP contribution in [0.3, 0.4) is 0 Å². The van der Waals surface area contributed by atoms with Crippen LogP contribution in [0.1, 0.15) is 37.8 Å². The number of fused-ring (bicyclic) bond motifs is 1. The third-order valence-electron chi connectivity index (χ3n) is 3.49. The molecule has 2 aliphatic carbocycles. The first-order valence-electron chi connectivity index (χ1n) is 7.05. The largest absolute Gasteiger partial charge is 0.0805 e. The standard InChI is InChI=1S/C16H16.C2H6/c1-2-6-13-10-11-14-7-4-5-9-16(14)12-15(13)8-3-1;1-2/h2-9H,1,10-12H2;1-2H3. The zero-order chi connectivity index (χ0) is 12.8. The maximum atomic E-state index is 2.32. The van der Waals surface area contributed by atoms with Crippen molar-refractivity contribution in [3.63, 3.8) is 0 Å². The van der Waals surface area contributed by atoms with Gasteiger partial charge in [-0.25, -0.2) is 0 Å². The molecule has 0 radical (unpaired) electrons. The van der Waals surface area contributed by atoms with Crippen molar-refractivity contribution in [1.29, 1.82) is 0 Å². The second-order valence-electron chi connectivity index (χ2n) is 4.54. The molecule has 3 rings (SSSR count). The molecule has 0 aromatic heterocycles. The van der Waals surface area contributed by atoms with E-state index in [1.54, 1.807) is 0 Å². The van der Waals surface area contributed by atoms with E-state index in [1.165, 1.54) is 35.1 Å². The first-order chi connectivity index (χ1) is 8.93. The van der Waals surface area contributed by atoms with Crippen LogP contribution in [-0.4, -0.2) is 0 Å². The molecule has 0 aliphatic heterocycles. The molecule has 18 heavy (non-hydrogen) atoms. The van der Waals surface area contributed by atoms with Crippen molar-refractivity contribution in [3.8, 4) is 0 Å². The van der Waals surface area contributed by atoms with E-state index >= 15 is 0 Å². The SMILES string of the molecule is C1=CC2=C(C=CC1)Cc1ccccc1CC2.CC. The Morgan fingerprint density at radius 1 is 0.778 bits per heavy atom. The van der Waals surface area contributed by atoms with Crippen LogP contribution in [0.5, 0.6) is 0 Å². The minimum absolute atomic E-state index is 1.08. The van der Waals surface area contributed by atoms with Gasteiger partial charge in [-0.1, -0.05) is 62.4 Å². The maximum Gasteiger partial charge on any atom is -0.00204 e. The van der Waals surface area contributed by atoms with Crippen LogP contribution in [0.15, 0.2) is 59.7 Å². The minimum atomic E-state index is 1.08. The monoisotopic (exact) mass is 238 g/mol. The van der Waals surface area contributed by atoms with Crippen LogP contribution >= 0.6 is 0 Å². The molecule has 2 aliphatic rings. The number of hydrogen-bond acceptors (Lipinski definition) is 0. The minimum Gasteiger partial charge on any atom is -0.0805 e. The lowest BCUT2D eigenvalue weighted by Crippen LogP contribution is -1.91. The van der Waals surface area contributed by atoms with Crippen LogP contribution in [0.4, 0.5) is 0 Å². The van der Waals surface area contributed by atoms with Gasteiger partial charge in [0.2, 0.25) is 0 Å². The number of rotatable bonds is 0. The van der Waals surface area contributed by atoms with Gasteiger partial charge < -0.3 is 0 Å². The molecule has 1 aromatic carbocycles. The predicted molar refractivity (Wildman–Crippen MR) is 79.7 cm³/mol. The molecule has 0 atom stereocenters. The van der Waals surface area contributed by atoms with E-state index < -0.39 is 0 Å². The average Bonchev–Trinajstić information content (AvgIpc) is 2.74. The van der Waals surface area contributed by atoms with Crippen molar-refractivity contribution in [2.24, 2.45) is 0 Å². The molecule has 0 saturated heterocycles. The smallest absolute Gasteiger partial charge is 0.00204 e. The molecule has 1 aromatic rings. The van der Waals surface area contributed by atoms with Crippen LogP contribution in [-0.2, 0) is 12.8 Å². The Kier molecular flexibility index (Phi) is 4.58. The molecule has 94 valence electrons. The fourth-order valence-electron chi connectivity index (χ4n) is 2.58. The molecule has 0 unspecified atom stereocenters. The van der Waals surface area contributed by atoms with Crippen LogP contribution in [0.25, 0.3) is 0 Å². The van der Waals surface area contributed by atoms with Crippen molar-refractivity contribution in [3.05, 3.63) is 70.8 Å². The molecule has 0 amide bonds. The topological polar surface area (TPSA) is 0 Å². The highest BCUT2D eigenvalue weighted by atomic mass is 14.2. The Bertz CT molecular complexity index is 487. The van der Waals surface area contributed by atoms with Gasteiger partial charge in [-0.05, 0) is 48.0 Å². The molecular weight excluding hydrogens is 216 g/mol. The van der Waals surface area contributed by atoms with Gasteiger partial charge >= 0.3 is 0 Å². The second kappa shape index (κ2) is 6.39. The summed E-state index contributed by atoms with van der Waals surface area (Å²) in [6, 6.07) is 8.85. The summed E-state index contributed by atoms with van der Waals surface area (Å²) in [6.45, 7) is 4.00. The lowest BCUT2D eigenvalue weighted by molar-refractivity contribution is 0.967. The van der Waals surface area contributed by atoms with E-state index in [1.807, 2.05) is 13.8 Å². The summed E-state index contributed by atoms with van der Waals surface area (Å²) in [6.07, 6.45) is 13.7. The molecule has 0 heteroatoms. The summed E-state index contributed by atoms with van der Waals surface area (Å²) in [5.41, 5.74) is 6.08. The van der Waals surface area contributed by atoms with Gasteiger partial charge in [0.15, 0.2) is 0 Å². The number of benzene rings is 1. The van der Waals surface area contributed by atoms with E-state index in [0.29, 0.717) is 0 Å². The first kappa shape index (κ1) is 12.9. The molecule has 0 heterocycles. The first-order valence-corrected chi connectivity index (χ1v) is 7.05. The van der Waals surface area contributed by atoms with E-state index in [9.17, 15) is 0 Å². The quantitative estimate of drug-likeness (QED) is 0.595. The third kappa shape index (κ3) is 2.81. The number of allylic oxidation sites excluding steroid dienone is 6. The van der Waals surface area contributed by atoms with E-state index in [4.69, 9.17) is 0 Å². The highest BCUT2D eigenvalue weighted by Gasteiger charge is 2.12. The van der Waals surface area contributed by atoms with Crippen molar-refractivity contribution in [2.45, 2.75) is 39.5 Å². The summed E-state index contributed by atoms with van der Waals surface area (Å²) in [5.74, 6) is 0. The maximum absolute atomic E-state index is 2.32. The molecule has 0 fully saturated rings. The second-order valence-corrected chi connectivity index (χ2v) is 4.54. The average molecular weight is 238 g/mol. The van der Waals surface area contributed by atoms with Crippen LogP contribution < -0.4 is 0 Å². The summed E-state index contributed by atoms with van der Waals surface area (Å²) in [4.78, 5) is 0. The fraction of sp³-hybridized carbons (Fsp3) is 0.333. The summed E-state index contributed by atoms with van der Waals surface area (Å²) >= 11 is 0.